The van der Waals surface area contributed by atoms with Crippen molar-refractivity contribution in [1.82, 2.24) is 15.0 Å². The van der Waals surface area contributed by atoms with Crippen LogP contribution in [0.1, 0.15) is 23.2 Å². The van der Waals surface area contributed by atoms with Crippen LogP contribution in [0.4, 0.5) is 5.69 Å². The van der Waals surface area contributed by atoms with Gasteiger partial charge in [0.05, 0.1) is 5.69 Å². The van der Waals surface area contributed by atoms with Crippen LogP contribution in [0.5, 0.6) is 0 Å². The van der Waals surface area contributed by atoms with Gasteiger partial charge in [0, 0.05) is 29.8 Å². The van der Waals surface area contributed by atoms with Crippen LogP contribution in [0.15, 0.2) is 30.7 Å². The summed E-state index contributed by atoms with van der Waals surface area (Å²) in [4.78, 5) is 12.0. The lowest BCUT2D eigenvalue weighted by Gasteiger charge is -2.12. The van der Waals surface area contributed by atoms with Gasteiger partial charge in [0.25, 0.3) is 0 Å². The fraction of sp³-hybridized carbons (Fsp3) is 0.182. The first-order valence-corrected chi connectivity index (χ1v) is 4.85. The number of aliphatic hydroxyl groups excluding tert-OH is 1. The number of hydrogen-bond donors (Lipinski definition) is 2. The highest BCUT2D eigenvalue weighted by Crippen LogP contribution is 2.23. The molecule has 2 heterocycles. The highest BCUT2D eigenvalue weighted by atomic mass is 16.3. The van der Waals surface area contributed by atoms with E-state index >= 15 is 0 Å². The molecule has 0 aromatic carbocycles. The van der Waals surface area contributed by atoms with Crippen molar-refractivity contribution in [2.24, 2.45) is 0 Å². The second-order valence-electron chi connectivity index (χ2n) is 3.44. The summed E-state index contributed by atoms with van der Waals surface area (Å²) in [5, 5.41) is 10.1. The maximum Gasteiger partial charge on any atom is 0.125 e. The molecule has 0 aliphatic carbocycles. The lowest BCUT2D eigenvalue weighted by Crippen LogP contribution is -2.07. The Bertz CT molecular complexity index is 501. The molecule has 0 spiro atoms. The Kier molecular flexibility index (Phi) is 2.78. The van der Waals surface area contributed by atoms with E-state index in [9.17, 15) is 5.11 Å². The number of nitrogens with two attached hydrogens (primary N) is 1. The molecule has 0 radical (unpaired) electrons. The Morgan fingerprint density at radius 3 is 2.81 bits per heavy atom. The number of aromatic nitrogens is 3. The van der Waals surface area contributed by atoms with Gasteiger partial charge in [-0.05, 0) is 19.1 Å². The molecule has 3 N–H and O–H groups in total. The average Bonchev–Trinajstić information content (AvgIpc) is 2.29. The standard InChI is InChI=1S/C11H12N4O/c1-7-14-5-3-10(15-7)11(16)8-6-13-4-2-9(8)12/h2-6,11,16H,1H3,(H2,12,13). The zero-order chi connectivity index (χ0) is 11.5. The Labute approximate surface area is 93.0 Å². The summed E-state index contributed by atoms with van der Waals surface area (Å²) in [5.41, 5.74) is 7.33. The lowest BCUT2D eigenvalue weighted by atomic mass is 10.1. The summed E-state index contributed by atoms with van der Waals surface area (Å²) >= 11 is 0. The van der Waals surface area contributed by atoms with Crippen molar-refractivity contribution in [1.29, 1.82) is 0 Å². The predicted octanol–water partition coefficient (Wildman–Crippen LogP) is 0.844. The third-order valence-corrected chi connectivity index (χ3v) is 2.26. The van der Waals surface area contributed by atoms with Gasteiger partial charge in [-0.2, -0.15) is 0 Å². The van der Waals surface area contributed by atoms with E-state index in [1.54, 1.807) is 31.5 Å². The fourth-order valence-corrected chi connectivity index (χ4v) is 1.43. The summed E-state index contributed by atoms with van der Waals surface area (Å²) in [7, 11) is 0. The topological polar surface area (TPSA) is 84.9 Å². The Balaban J connectivity index is 2.39. The Morgan fingerprint density at radius 2 is 2.12 bits per heavy atom. The minimum absolute atomic E-state index is 0.499. The lowest BCUT2D eigenvalue weighted by molar-refractivity contribution is 0.215. The average molecular weight is 216 g/mol. The van der Waals surface area contributed by atoms with Crippen molar-refractivity contribution in [3.05, 3.63) is 47.8 Å². The summed E-state index contributed by atoms with van der Waals surface area (Å²) in [6.07, 6.45) is 3.86. The number of nitrogen functional groups attached to an aromatic ring is 1. The molecule has 2 aromatic rings. The number of nitrogens with zero attached hydrogens (tertiary/aromatic N) is 3. The Hall–Kier alpha value is -2.01. The third-order valence-electron chi connectivity index (χ3n) is 2.26. The quantitative estimate of drug-likeness (QED) is 0.777. The molecule has 5 nitrogen and oxygen atoms in total. The molecule has 0 amide bonds. The molecule has 82 valence electrons. The first-order valence-electron chi connectivity index (χ1n) is 4.85. The minimum atomic E-state index is -0.865. The highest BCUT2D eigenvalue weighted by molar-refractivity contribution is 5.47. The van der Waals surface area contributed by atoms with Crippen LogP contribution in [0.25, 0.3) is 0 Å². The predicted molar refractivity (Wildman–Crippen MR) is 59.5 cm³/mol. The SMILES string of the molecule is Cc1nccc(C(O)c2cnccc2N)n1. The molecule has 0 saturated heterocycles. The van der Waals surface area contributed by atoms with Gasteiger partial charge in [-0.15, -0.1) is 0 Å². The van der Waals surface area contributed by atoms with Crippen LogP contribution in [-0.4, -0.2) is 20.1 Å². The van der Waals surface area contributed by atoms with Gasteiger partial charge in [0.15, 0.2) is 0 Å². The maximum absolute atomic E-state index is 10.1. The van der Waals surface area contributed by atoms with Crippen molar-refractivity contribution >= 4 is 5.69 Å². The molecule has 2 rings (SSSR count). The summed E-state index contributed by atoms with van der Waals surface area (Å²) < 4.78 is 0. The maximum atomic E-state index is 10.1. The highest BCUT2D eigenvalue weighted by Gasteiger charge is 2.14. The Morgan fingerprint density at radius 1 is 1.31 bits per heavy atom. The van der Waals surface area contributed by atoms with Gasteiger partial charge in [0.1, 0.15) is 11.9 Å². The molecule has 2 aromatic heterocycles. The third kappa shape index (κ3) is 1.99. The summed E-state index contributed by atoms with van der Waals surface area (Å²) in [5.74, 6) is 0.610. The van der Waals surface area contributed by atoms with Gasteiger partial charge < -0.3 is 10.8 Å². The van der Waals surface area contributed by atoms with E-state index in [1.165, 1.54) is 6.20 Å². The van der Waals surface area contributed by atoms with Crippen molar-refractivity contribution < 1.29 is 5.11 Å². The molecular formula is C11H12N4O. The van der Waals surface area contributed by atoms with Crippen molar-refractivity contribution in [3.63, 3.8) is 0 Å². The monoisotopic (exact) mass is 216 g/mol. The molecule has 0 bridgehead atoms. The van der Waals surface area contributed by atoms with Crippen LogP contribution in [0, 0.1) is 6.92 Å². The van der Waals surface area contributed by atoms with E-state index in [2.05, 4.69) is 15.0 Å². The van der Waals surface area contributed by atoms with Crippen LogP contribution in [-0.2, 0) is 0 Å². The minimum Gasteiger partial charge on any atom is -0.398 e. The first kappa shape index (κ1) is 10.5. The van der Waals surface area contributed by atoms with Crippen molar-refractivity contribution in [2.45, 2.75) is 13.0 Å². The number of hydrogen-bond acceptors (Lipinski definition) is 5. The van der Waals surface area contributed by atoms with E-state index in [-0.39, 0.29) is 0 Å². The van der Waals surface area contributed by atoms with Gasteiger partial charge in [0.2, 0.25) is 0 Å². The molecule has 1 atom stereocenters. The van der Waals surface area contributed by atoms with E-state index in [4.69, 9.17) is 5.73 Å². The van der Waals surface area contributed by atoms with Gasteiger partial charge >= 0.3 is 0 Å². The van der Waals surface area contributed by atoms with Gasteiger partial charge in [-0.25, -0.2) is 9.97 Å². The van der Waals surface area contributed by atoms with E-state index < -0.39 is 6.10 Å². The van der Waals surface area contributed by atoms with Crippen molar-refractivity contribution in [2.75, 3.05) is 5.73 Å². The molecule has 0 aliphatic rings. The number of aryl methyl sites for hydroxylation is 1. The van der Waals surface area contributed by atoms with Crippen molar-refractivity contribution in [3.8, 4) is 0 Å². The van der Waals surface area contributed by atoms with E-state index in [0.717, 1.165) is 0 Å². The van der Waals surface area contributed by atoms with Gasteiger partial charge in [-0.1, -0.05) is 0 Å². The molecule has 0 aliphatic heterocycles. The zero-order valence-corrected chi connectivity index (χ0v) is 8.83. The van der Waals surface area contributed by atoms with Crippen LogP contribution in [0.3, 0.4) is 0 Å². The molecule has 0 saturated carbocycles. The fourth-order valence-electron chi connectivity index (χ4n) is 1.43. The number of aliphatic hydroxyl groups is 1. The number of rotatable bonds is 2. The molecule has 16 heavy (non-hydrogen) atoms. The summed E-state index contributed by atoms with van der Waals surface area (Å²) in [6, 6.07) is 3.30. The van der Waals surface area contributed by atoms with Crippen LogP contribution < -0.4 is 5.73 Å². The van der Waals surface area contributed by atoms with E-state index in [1.807, 2.05) is 0 Å². The number of anilines is 1. The largest absolute Gasteiger partial charge is 0.398 e. The van der Waals surface area contributed by atoms with Crippen LogP contribution in [0.2, 0.25) is 0 Å². The zero-order valence-electron chi connectivity index (χ0n) is 8.83. The normalized spacial score (nSPS) is 12.4. The molecule has 0 fully saturated rings. The first-order chi connectivity index (χ1) is 7.68. The second-order valence-corrected chi connectivity index (χ2v) is 3.44. The summed E-state index contributed by atoms with van der Waals surface area (Å²) in [6.45, 7) is 1.77. The van der Waals surface area contributed by atoms with E-state index in [0.29, 0.717) is 22.8 Å². The molecule has 1 unspecified atom stereocenters. The molecule has 5 heteroatoms. The van der Waals surface area contributed by atoms with Gasteiger partial charge in [-0.3, -0.25) is 4.98 Å². The number of pyridine rings is 1. The molecular weight excluding hydrogens is 204 g/mol. The smallest absolute Gasteiger partial charge is 0.125 e. The second kappa shape index (κ2) is 4.24. The van der Waals surface area contributed by atoms with Crippen LogP contribution >= 0.6 is 0 Å².